The van der Waals surface area contributed by atoms with Gasteiger partial charge < -0.3 is 10.4 Å². The fourth-order valence-electron chi connectivity index (χ4n) is 5.00. The number of rotatable bonds is 3. The predicted molar refractivity (Wildman–Crippen MR) is 78.8 cm³/mol. The molecule has 4 heteroatoms. The first-order valence-corrected chi connectivity index (χ1v) is 8.34. The van der Waals surface area contributed by atoms with Gasteiger partial charge in [0.05, 0.1) is 0 Å². The Balaban J connectivity index is 1.74. The quantitative estimate of drug-likeness (QED) is 0.832. The van der Waals surface area contributed by atoms with Gasteiger partial charge in [0.25, 0.3) is 0 Å². The topological polar surface area (TPSA) is 52.6 Å². The summed E-state index contributed by atoms with van der Waals surface area (Å²) in [6, 6.07) is 1.22. The van der Waals surface area contributed by atoms with Crippen LogP contribution in [0.5, 0.6) is 0 Å². The monoisotopic (exact) mass is 280 g/mol. The van der Waals surface area contributed by atoms with Crippen molar-refractivity contribution in [1.29, 1.82) is 0 Å². The Hall–Kier alpha value is -0.610. The first-order valence-electron chi connectivity index (χ1n) is 8.34. The van der Waals surface area contributed by atoms with E-state index in [0.717, 1.165) is 31.2 Å². The number of carbonyl (C=O) groups is 1. The minimum absolute atomic E-state index is 0.471. The Bertz CT molecular complexity index is 373. The molecule has 0 radical (unpaired) electrons. The molecule has 0 aromatic carbocycles. The molecular formula is C16H28N2O2. The lowest BCUT2D eigenvalue weighted by Gasteiger charge is -2.48. The number of piperidine rings is 1. The minimum atomic E-state index is -0.686. The number of hydrogen-bond donors (Lipinski definition) is 2. The number of nitrogens with one attached hydrogen (secondary N) is 1. The van der Waals surface area contributed by atoms with Gasteiger partial charge in [-0.1, -0.05) is 6.42 Å². The van der Waals surface area contributed by atoms with Crippen LogP contribution in [-0.2, 0) is 4.79 Å². The van der Waals surface area contributed by atoms with Gasteiger partial charge in [0.1, 0.15) is 5.54 Å². The van der Waals surface area contributed by atoms with Crippen LogP contribution >= 0.6 is 0 Å². The number of aliphatic carboxylic acids is 1. The van der Waals surface area contributed by atoms with Crippen molar-refractivity contribution in [2.24, 2.45) is 5.92 Å². The summed E-state index contributed by atoms with van der Waals surface area (Å²) in [6.45, 7) is 1.19. The molecule has 0 spiro atoms. The van der Waals surface area contributed by atoms with E-state index in [4.69, 9.17) is 0 Å². The lowest BCUT2D eigenvalue weighted by atomic mass is 9.77. The van der Waals surface area contributed by atoms with Gasteiger partial charge >= 0.3 is 5.97 Å². The van der Waals surface area contributed by atoms with E-state index in [1.54, 1.807) is 0 Å². The summed E-state index contributed by atoms with van der Waals surface area (Å²) >= 11 is 0. The van der Waals surface area contributed by atoms with Gasteiger partial charge in [0.15, 0.2) is 0 Å². The molecule has 0 amide bonds. The van der Waals surface area contributed by atoms with Gasteiger partial charge in [-0.15, -0.1) is 0 Å². The van der Waals surface area contributed by atoms with Gasteiger partial charge in [-0.25, -0.2) is 0 Å². The van der Waals surface area contributed by atoms with Crippen molar-refractivity contribution in [3.63, 3.8) is 0 Å². The molecule has 2 aliphatic carbocycles. The van der Waals surface area contributed by atoms with E-state index < -0.39 is 11.5 Å². The first kappa shape index (κ1) is 14.3. The van der Waals surface area contributed by atoms with Crippen molar-refractivity contribution in [2.45, 2.75) is 75.4 Å². The highest BCUT2D eigenvalue weighted by atomic mass is 16.4. The fourth-order valence-corrected chi connectivity index (χ4v) is 5.00. The number of fused-ring (bicyclic) bond motifs is 1. The van der Waals surface area contributed by atoms with Crippen LogP contribution in [0.4, 0.5) is 0 Å². The second-order valence-electron chi connectivity index (χ2n) is 7.03. The van der Waals surface area contributed by atoms with Crippen molar-refractivity contribution < 1.29 is 9.90 Å². The Morgan fingerprint density at radius 2 is 2.00 bits per heavy atom. The molecule has 4 nitrogen and oxygen atoms in total. The van der Waals surface area contributed by atoms with E-state index in [1.165, 1.54) is 45.1 Å². The summed E-state index contributed by atoms with van der Waals surface area (Å²) < 4.78 is 0. The molecule has 3 fully saturated rings. The summed E-state index contributed by atoms with van der Waals surface area (Å²) in [6.07, 6.45) is 10.6. The molecule has 2 N–H and O–H groups in total. The zero-order chi connectivity index (χ0) is 14.2. The molecule has 1 aliphatic heterocycles. The highest BCUT2D eigenvalue weighted by Gasteiger charge is 2.46. The van der Waals surface area contributed by atoms with Gasteiger partial charge in [-0.05, 0) is 70.9 Å². The second kappa shape index (κ2) is 5.64. The van der Waals surface area contributed by atoms with Gasteiger partial charge in [-0.3, -0.25) is 9.69 Å². The molecular weight excluding hydrogens is 252 g/mol. The zero-order valence-electron chi connectivity index (χ0n) is 12.6. The number of carboxylic acid groups (broad SMARTS) is 1. The van der Waals surface area contributed by atoms with Crippen molar-refractivity contribution in [2.75, 3.05) is 13.6 Å². The van der Waals surface area contributed by atoms with E-state index in [-0.39, 0.29) is 0 Å². The molecule has 20 heavy (non-hydrogen) atoms. The standard InChI is InChI=1S/C16H28N2O2/c1-17-16(15(19)20)9-3-7-13(11-16)18-10-4-6-12-5-2-8-14(12)18/h12-14,17H,2-11H2,1H3,(H,19,20). The summed E-state index contributed by atoms with van der Waals surface area (Å²) in [5.41, 5.74) is -0.686. The normalized spacial score (nSPS) is 42.4. The molecule has 1 heterocycles. The smallest absolute Gasteiger partial charge is 0.323 e. The Kier molecular flexibility index (Phi) is 4.04. The Morgan fingerprint density at radius 1 is 1.20 bits per heavy atom. The number of likely N-dealkylation sites (N-methyl/N-ethyl adjacent to an activating group) is 1. The Morgan fingerprint density at radius 3 is 2.75 bits per heavy atom. The molecule has 4 atom stereocenters. The van der Waals surface area contributed by atoms with Crippen LogP contribution in [0.3, 0.4) is 0 Å². The molecule has 0 bridgehead atoms. The van der Waals surface area contributed by atoms with Gasteiger partial charge in [-0.2, -0.15) is 0 Å². The lowest BCUT2D eigenvalue weighted by molar-refractivity contribution is -0.147. The fraction of sp³-hybridized carbons (Fsp3) is 0.938. The van der Waals surface area contributed by atoms with Crippen LogP contribution in [-0.4, -0.2) is 47.2 Å². The molecule has 0 aromatic heterocycles. The summed E-state index contributed by atoms with van der Waals surface area (Å²) in [4.78, 5) is 14.4. The maximum Gasteiger partial charge on any atom is 0.323 e. The average Bonchev–Trinajstić information content (AvgIpc) is 2.95. The van der Waals surface area contributed by atoms with Gasteiger partial charge in [0, 0.05) is 12.1 Å². The van der Waals surface area contributed by atoms with E-state index in [0.29, 0.717) is 6.04 Å². The molecule has 0 aromatic rings. The van der Waals surface area contributed by atoms with Gasteiger partial charge in [0.2, 0.25) is 0 Å². The third kappa shape index (κ3) is 2.37. The van der Waals surface area contributed by atoms with E-state index in [9.17, 15) is 9.90 Å². The largest absolute Gasteiger partial charge is 0.480 e. The van der Waals surface area contributed by atoms with Crippen molar-refractivity contribution in [3.05, 3.63) is 0 Å². The number of nitrogens with zero attached hydrogens (tertiary/aromatic N) is 1. The lowest BCUT2D eigenvalue weighted by Crippen LogP contribution is -2.59. The van der Waals surface area contributed by atoms with E-state index in [1.807, 2.05) is 7.05 Å². The molecule has 3 aliphatic rings. The number of hydrogen-bond acceptors (Lipinski definition) is 3. The summed E-state index contributed by atoms with van der Waals surface area (Å²) in [5.74, 6) is 0.226. The first-order chi connectivity index (χ1) is 9.66. The maximum atomic E-state index is 11.7. The summed E-state index contributed by atoms with van der Waals surface area (Å²) in [5, 5.41) is 12.7. The van der Waals surface area contributed by atoms with Crippen LogP contribution in [0.2, 0.25) is 0 Å². The molecule has 1 saturated heterocycles. The number of carboxylic acids is 1. The summed E-state index contributed by atoms with van der Waals surface area (Å²) in [7, 11) is 1.81. The third-order valence-corrected chi connectivity index (χ3v) is 6.12. The second-order valence-corrected chi connectivity index (χ2v) is 7.03. The van der Waals surface area contributed by atoms with Crippen molar-refractivity contribution in [1.82, 2.24) is 10.2 Å². The van der Waals surface area contributed by atoms with Crippen LogP contribution in [0, 0.1) is 5.92 Å². The maximum absolute atomic E-state index is 11.7. The SMILES string of the molecule is CNC1(C(=O)O)CCCC(N2CCCC3CCCC32)C1. The Labute approximate surface area is 121 Å². The molecule has 114 valence electrons. The van der Waals surface area contributed by atoms with E-state index >= 15 is 0 Å². The van der Waals surface area contributed by atoms with E-state index in [2.05, 4.69) is 10.2 Å². The molecule has 4 unspecified atom stereocenters. The zero-order valence-corrected chi connectivity index (χ0v) is 12.6. The average molecular weight is 280 g/mol. The highest BCUT2D eigenvalue weighted by Crippen LogP contribution is 2.41. The van der Waals surface area contributed by atoms with Crippen molar-refractivity contribution >= 4 is 5.97 Å². The molecule has 2 saturated carbocycles. The minimum Gasteiger partial charge on any atom is -0.480 e. The third-order valence-electron chi connectivity index (χ3n) is 6.12. The van der Waals surface area contributed by atoms with Crippen LogP contribution in [0.1, 0.15) is 57.8 Å². The highest BCUT2D eigenvalue weighted by molar-refractivity contribution is 5.79. The predicted octanol–water partition coefficient (Wildman–Crippen LogP) is 2.24. The van der Waals surface area contributed by atoms with Crippen LogP contribution in [0.25, 0.3) is 0 Å². The van der Waals surface area contributed by atoms with Crippen LogP contribution in [0.15, 0.2) is 0 Å². The number of likely N-dealkylation sites (tertiary alicyclic amines) is 1. The van der Waals surface area contributed by atoms with Crippen molar-refractivity contribution in [3.8, 4) is 0 Å². The van der Waals surface area contributed by atoms with Crippen LogP contribution < -0.4 is 5.32 Å². The molecule has 3 rings (SSSR count).